The summed E-state index contributed by atoms with van der Waals surface area (Å²) in [5.74, 6) is -0.178. The number of rotatable bonds is 3. The second-order valence-electron chi connectivity index (χ2n) is 7.81. The lowest BCUT2D eigenvalue weighted by atomic mass is 10.1. The molecule has 4 aromatic rings. The van der Waals surface area contributed by atoms with Gasteiger partial charge in [-0.1, -0.05) is 48.5 Å². The number of nitrogens with zero attached hydrogens (tertiary/aromatic N) is 3. The summed E-state index contributed by atoms with van der Waals surface area (Å²) >= 11 is 0. The second kappa shape index (κ2) is 7.40. The highest BCUT2D eigenvalue weighted by molar-refractivity contribution is 5.96. The number of aromatic nitrogens is 2. The average Bonchev–Trinajstić information content (AvgIpc) is 3.13. The Kier molecular flexibility index (Phi) is 4.55. The van der Waals surface area contributed by atoms with E-state index in [9.17, 15) is 14.4 Å². The highest BCUT2D eigenvalue weighted by Crippen LogP contribution is 2.32. The summed E-state index contributed by atoms with van der Waals surface area (Å²) in [4.78, 5) is 41.7. The van der Waals surface area contributed by atoms with Gasteiger partial charge in [-0.25, -0.2) is 9.36 Å². The van der Waals surface area contributed by atoms with Crippen molar-refractivity contribution in [3.05, 3.63) is 105 Å². The molecule has 0 unspecified atom stereocenters. The van der Waals surface area contributed by atoms with Crippen molar-refractivity contribution in [2.24, 2.45) is 0 Å². The zero-order chi connectivity index (χ0) is 21.5. The van der Waals surface area contributed by atoms with Gasteiger partial charge in [0.2, 0.25) is 5.91 Å². The maximum absolute atomic E-state index is 13.4. The predicted molar refractivity (Wildman–Crippen MR) is 121 cm³/mol. The molecule has 0 fully saturated rings. The van der Waals surface area contributed by atoms with E-state index in [1.54, 1.807) is 53.4 Å². The van der Waals surface area contributed by atoms with Gasteiger partial charge in [0, 0.05) is 11.7 Å². The molecule has 0 saturated carbocycles. The number of carbonyl (C=O) groups is 1. The molecule has 1 atom stereocenters. The third-order valence-electron chi connectivity index (χ3n) is 5.83. The van der Waals surface area contributed by atoms with Gasteiger partial charge in [-0.05, 0) is 49.2 Å². The van der Waals surface area contributed by atoms with Gasteiger partial charge >= 0.3 is 5.69 Å². The number of hydrogen-bond acceptors (Lipinski definition) is 3. The van der Waals surface area contributed by atoms with Gasteiger partial charge < -0.3 is 4.90 Å². The molecule has 6 nitrogen and oxygen atoms in total. The molecule has 1 aromatic heterocycles. The van der Waals surface area contributed by atoms with Crippen LogP contribution in [0.25, 0.3) is 16.6 Å². The third kappa shape index (κ3) is 3.08. The van der Waals surface area contributed by atoms with Crippen LogP contribution in [0.4, 0.5) is 5.69 Å². The molecule has 0 spiro atoms. The first-order valence-corrected chi connectivity index (χ1v) is 10.3. The fourth-order valence-corrected chi connectivity index (χ4v) is 4.44. The van der Waals surface area contributed by atoms with Crippen LogP contribution < -0.4 is 16.1 Å². The Hall–Kier alpha value is -3.93. The maximum Gasteiger partial charge on any atom is 0.336 e. The molecular weight excluding hydrogens is 390 g/mol. The van der Waals surface area contributed by atoms with Gasteiger partial charge in [0.25, 0.3) is 5.56 Å². The van der Waals surface area contributed by atoms with Crippen molar-refractivity contribution >= 4 is 22.5 Å². The highest BCUT2D eigenvalue weighted by atomic mass is 16.2. The van der Waals surface area contributed by atoms with Crippen molar-refractivity contribution in [1.29, 1.82) is 0 Å². The van der Waals surface area contributed by atoms with Crippen LogP contribution in [-0.4, -0.2) is 21.1 Å². The molecule has 31 heavy (non-hydrogen) atoms. The van der Waals surface area contributed by atoms with E-state index in [-0.39, 0.29) is 18.5 Å². The third-order valence-corrected chi connectivity index (χ3v) is 5.83. The van der Waals surface area contributed by atoms with E-state index in [1.807, 2.05) is 37.3 Å². The Morgan fingerprint density at radius 3 is 2.39 bits per heavy atom. The van der Waals surface area contributed by atoms with Crippen molar-refractivity contribution in [1.82, 2.24) is 9.13 Å². The highest BCUT2D eigenvalue weighted by Gasteiger charge is 2.31. The molecule has 0 aliphatic carbocycles. The van der Waals surface area contributed by atoms with E-state index in [0.29, 0.717) is 16.6 Å². The van der Waals surface area contributed by atoms with Gasteiger partial charge in [0.15, 0.2) is 0 Å². The number of fused-ring (bicyclic) bond motifs is 2. The molecule has 1 aliphatic rings. The quantitative estimate of drug-likeness (QED) is 0.520. The summed E-state index contributed by atoms with van der Waals surface area (Å²) in [7, 11) is 0. The van der Waals surface area contributed by atoms with Crippen molar-refractivity contribution in [2.75, 3.05) is 4.90 Å². The minimum absolute atomic E-state index is 0.00638. The lowest BCUT2D eigenvalue weighted by Gasteiger charge is -2.24. The molecule has 0 radical (unpaired) electrons. The largest absolute Gasteiger partial charge is 0.336 e. The first kappa shape index (κ1) is 19.1. The van der Waals surface area contributed by atoms with E-state index < -0.39 is 11.2 Å². The number of anilines is 1. The zero-order valence-electron chi connectivity index (χ0n) is 17.1. The molecule has 1 amide bonds. The van der Waals surface area contributed by atoms with Crippen LogP contribution in [0.2, 0.25) is 0 Å². The van der Waals surface area contributed by atoms with Crippen LogP contribution in [-0.2, 0) is 17.8 Å². The molecule has 0 saturated heterocycles. The molecule has 2 heterocycles. The predicted octanol–water partition coefficient (Wildman–Crippen LogP) is 3.13. The summed E-state index contributed by atoms with van der Waals surface area (Å²) in [6.45, 7) is 1.86. The Balaban J connectivity index is 1.66. The first-order valence-electron chi connectivity index (χ1n) is 10.3. The molecule has 154 valence electrons. The lowest BCUT2D eigenvalue weighted by Crippen LogP contribution is -2.44. The summed E-state index contributed by atoms with van der Waals surface area (Å²) in [5.41, 5.74) is 2.02. The van der Waals surface area contributed by atoms with Gasteiger partial charge in [0.1, 0.15) is 6.54 Å². The van der Waals surface area contributed by atoms with E-state index in [4.69, 9.17) is 0 Å². The summed E-state index contributed by atoms with van der Waals surface area (Å²) in [6, 6.07) is 23.6. The number of amides is 1. The van der Waals surface area contributed by atoms with E-state index in [2.05, 4.69) is 0 Å². The van der Waals surface area contributed by atoms with E-state index in [0.717, 1.165) is 22.2 Å². The van der Waals surface area contributed by atoms with Gasteiger partial charge in [-0.2, -0.15) is 0 Å². The summed E-state index contributed by atoms with van der Waals surface area (Å²) < 4.78 is 2.54. The maximum atomic E-state index is 13.4. The lowest BCUT2D eigenvalue weighted by molar-refractivity contribution is -0.119. The minimum atomic E-state index is -0.525. The molecular formula is C25H21N3O3. The van der Waals surface area contributed by atoms with E-state index >= 15 is 0 Å². The Labute approximate surface area is 178 Å². The van der Waals surface area contributed by atoms with Crippen LogP contribution in [0.15, 0.2) is 88.5 Å². The summed E-state index contributed by atoms with van der Waals surface area (Å²) in [5, 5.41) is 0.397. The van der Waals surface area contributed by atoms with Gasteiger partial charge in [0.05, 0.1) is 16.6 Å². The van der Waals surface area contributed by atoms with Crippen molar-refractivity contribution in [3.8, 4) is 5.69 Å². The van der Waals surface area contributed by atoms with Gasteiger partial charge in [-0.15, -0.1) is 0 Å². The Bertz CT molecular complexity index is 1420. The molecule has 3 aromatic carbocycles. The fraction of sp³-hybridized carbons (Fsp3) is 0.160. The van der Waals surface area contributed by atoms with Crippen LogP contribution >= 0.6 is 0 Å². The normalized spacial score (nSPS) is 15.3. The monoisotopic (exact) mass is 411 g/mol. The SMILES string of the molecule is C[C@@H]1Cc2ccccc2N1C(=O)Cn1c(=O)n(-c2ccccc2)c(=O)c2ccccc21. The van der Waals surface area contributed by atoms with Crippen LogP contribution in [0.3, 0.4) is 0 Å². The smallest absolute Gasteiger partial charge is 0.307 e. The second-order valence-corrected chi connectivity index (χ2v) is 7.81. The molecule has 0 N–H and O–H groups in total. The van der Waals surface area contributed by atoms with Crippen LogP contribution in [0.5, 0.6) is 0 Å². The molecule has 6 heteroatoms. The zero-order valence-corrected chi connectivity index (χ0v) is 17.1. The van der Waals surface area contributed by atoms with Crippen LogP contribution in [0.1, 0.15) is 12.5 Å². The number of para-hydroxylation sites is 3. The number of hydrogen-bond donors (Lipinski definition) is 0. The fourth-order valence-electron chi connectivity index (χ4n) is 4.44. The molecule has 0 bridgehead atoms. The standard InChI is InChI=1S/C25H21N3O3/c1-17-15-18-9-5-7-13-21(18)27(17)23(29)16-26-22-14-8-6-12-20(22)24(30)28(25(26)31)19-10-3-2-4-11-19/h2-14,17H,15-16H2,1H3/t17-/m1/s1. The number of benzene rings is 3. The summed E-state index contributed by atoms with van der Waals surface area (Å²) in [6.07, 6.45) is 0.779. The van der Waals surface area contributed by atoms with Crippen LogP contribution in [0, 0.1) is 0 Å². The van der Waals surface area contributed by atoms with Crippen molar-refractivity contribution in [3.63, 3.8) is 0 Å². The number of carbonyl (C=O) groups excluding carboxylic acids is 1. The Morgan fingerprint density at radius 2 is 1.58 bits per heavy atom. The van der Waals surface area contributed by atoms with Gasteiger partial charge in [-0.3, -0.25) is 14.2 Å². The first-order chi connectivity index (χ1) is 15.1. The average molecular weight is 411 g/mol. The van der Waals surface area contributed by atoms with Crippen molar-refractivity contribution < 1.29 is 4.79 Å². The Morgan fingerprint density at radius 1 is 0.903 bits per heavy atom. The molecule has 1 aliphatic heterocycles. The van der Waals surface area contributed by atoms with E-state index in [1.165, 1.54) is 4.57 Å². The minimum Gasteiger partial charge on any atom is -0.307 e. The van der Waals surface area contributed by atoms with Crippen molar-refractivity contribution in [2.45, 2.75) is 25.9 Å². The molecule has 5 rings (SSSR count). The topological polar surface area (TPSA) is 64.3 Å².